The number of aromatic nitrogens is 5. The van der Waals surface area contributed by atoms with Gasteiger partial charge in [-0.15, -0.1) is 11.3 Å². The van der Waals surface area contributed by atoms with E-state index in [2.05, 4.69) is 42.4 Å². The highest BCUT2D eigenvalue weighted by atomic mass is 32.1. The summed E-state index contributed by atoms with van der Waals surface area (Å²) in [7, 11) is 2.00. The van der Waals surface area contributed by atoms with Crippen LogP contribution in [0.2, 0.25) is 0 Å². The van der Waals surface area contributed by atoms with Crippen LogP contribution in [0.3, 0.4) is 0 Å². The quantitative estimate of drug-likeness (QED) is 0.754. The van der Waals surface area contributed by atoms with Gasteiger partial charge in [0, 0.05) is 24.7 Å². The number of thiazole rings is 1. The minimum Gasteiger partial charge on any atom is -0.364 e. The third-order valence-corrected chi connectivity index (χ3v) is 5.46. The van der Waals surface area contributed by atoms with Crippen LogP contribution in [-0.2, 0) is 0 Å². The molecule has 1 aliphatic carbocycles. The molecule has 0 saturated heterocycles. The number of hydrogen-bond donors (Lipinski definition) is 1. The minimum absolute atomic E-state index is 0.0840. The van der Waals surface area contributed by atoms with Crippen molar-refractivity contribution in [1.82, 2.24) is 25.3 Å². The second-order valence-electron chi connectivity index (χ2n) is 6.09. The van der Waals surface area contributed by atoms with E-state index < -0.39 is 0 Å². The zero-order valence-electron chi connectivity index (χ0n) is 13.6. The number of anilines is 2. The van der Waals surface area contributed by atoms with Crippen molar-refractivity contribution in [2.45, 2.75) is 44.7 Å². The molecule has 1 N–H and O–H groups in total. The smallest absolute Gasteiger partial charge is 0.245 e. The van der Waals surface area contributed by atoms with Crippen molar-refractivity contribution in [3.63, 3.8) is 0 Å². The van der Waals surface area contributed by atoms with Crippen molar-refractivity contribution in [3.8, 4) is 0 Å². The largest absolute Gasteiger partial charge is 0.364 e. The summed E-state index contributed by atoms with van der Waals surface area (Å²) in [5.74, 6) is 1.48. The topological polar surface area (TPSA) is 92.9 Å². The van der Waals surface area contributed by atoms with Crippen molar-refractivity contribution in [3.05, 3.63) is 16.6 Å². The van der Waals surface area contributed by atoms with Crippen molar-refractivity contribution in [2.24, 2.45) is 0 Å². The van der Waals surface area contributed by atoms with E-state index >= 15 is 0 Å². The Hall–Kier alpha value is -2.29. The van der Waals surface area contributed by atoms with Gasteiger partial charge in [0.25, 0.3) is 0 Å². The highest BCUT2D eigenvalue weighted by Gasteiger charge is 2.24. The molecule has 3 heterocycles. The van der Waals surface area contributed by atoms with Gasteiger partial charge in [0.2, 0.25) is 11.3 Å². The molecule has 0 aliphatic heterocycles. The van der Waals surface area contributed by atoms with Crippen LogP contribution < -0.4 is 10.2 Å². The molecule has 9 heteroatoms. The van der Waals surface area contributed by atoms with Gasteiger partial charge in [-0.1, -0.05) is 12.8 Å². The van der Waals surface area contributed by atoms with Gasteiger partial charge in [-0.05, 0) is 30.1 Å². The van der Waals surface area contributed by atoms with Crippen LogP contribution in [0.25, 0.3) is 11.3 Å². The van der Waals surface area contributed by atoms with Gasteiger partial charge in [0.05, 0.1) is 6.04 Å². The molecule has 0 amide bonds. The normalized spacial score (nSPS) is 16.6. The Bertz CT molecular complexity index is 812. The van der Waals surface area contributed by atoms with Gasteiger partial charge in [-0.25, -0.2) is 19.6 Å². The van der Waals surface area contributed by atoms with E-state index in [0.717, 1.165) is 29.5 Å². The summed E-state index contributed by atoms with van der Waals surface area (Å²) >= 11 is 1.63. The highest BCUT2D eigenvalue weighted by molar-refractivity contribution is 7.09. The third kappa shape index (κ3) is 2.79. The lowest BCUT2D eigenvalue weighted by Gasteiger charge is -2.26. The van der Waals surface area contributed by atoms with Gasteiger partial charge in [0.1, 0.15) is 5.01 Å². The first-order chi connectivity index (χ1) is 11.7. The van der Waals surface area contributed by atoms with E-state index in [1.165, 1.54) is 12.8 Å². The molecule has 0 radical (unpaired) electrons. The second-order valence-corrected chi connectivity index (χ2v) is 7.02. The summed E-state index contributed by atoms with van der Waals surface area (Å²) in [6.45, 7) is 2.10. The summed E-state index contributed by atoms with van der Waals surface area (Å²) < 4.78 is 4.78. The molecule has 24 heavy (non-hydrogen) atoms. The molecule has 3 aromatic rings. The van der Waals surface area contributed by atoms with Crippen LogP contribution in [-0.4, -0.2) is 38.4 Å². The number of rotatable bonds is 5. The highest BCUT2D eigenvalue weighted by Crippen LogP contribution is 2.32. The van der Waals surface area contributed by atoms with Gasteiger partial charge in [-0.3, -0.25) is 0 Å². The predicted octanol–water partition coefficient (Wildman–Crippen LogP) is 3.02. The first-order valence-electron chi connectivity index (χ1n) is 8.11. The lowest BCUT2D eigenvalue weighted by molar-refractivity contribution is 0.314. The minimum atomic E-state index is 0.0840. The number of fused-ring (bicyclic) bond motifs is 1. The van der Waals surface area contributed by atoms with E-state index in [1.807, 2.05) is 18.6 Å². The molecule has 0 aromatic carbocycles. The number of hydrogen-bond acceptors (Lipinski definition) is 9. The van der Waals surface area contributed by atoms with Crippen LogP contribution in [0.5, 0.6) is 0 Å². The summed E-state index contributed by atoms with van der Waals surface area (Å²) in [6.07, 6.45) is 6.63. The molecule has 1 aliphatic rings. The zero-order valence-corrected chi connectivity index (χ0v) is 14.5. The monoisotopic (exact) mass is 345 g/mol. The fourth-order valence-corrected chi connectivity index (χ4v) is 3.76. The van der Waals surface area contributed by atoms with Gasteiger partial charge < -0.3 is 10.2 Å². The number of nitrogens with one attached hydrogen (secondary N) is 1. The Labute approximate surface area is 143 Å². The summed E-state index contributed by atoms with van der Waals surface area (Å²) in [4.78, 5) is 15.7. The average Bonchev–Trinajstić information content (AvgIpc) is 3.34. The molecule has 3 aromatic heterocycles. The maximum Gasteiger partial charge on any atom is 0.245 e. The SMILES string of the molecule is C[C@@H](c1nccs1)N(C)c1nc2nonc2nc1NC1CCCC1. The summed E-state index contributed by atoms with van der Waals surface area (Å²) in [6, 6.07) is 0.514. The molecule has 1 atom stereocenters. The second kappa shape index (κ2) is 6.31. The van der Waals surface area contributed by atoms with Crippen LogP contribution >= 0.6 is 11.3 Å². The molecule has 4 rings (SSSR count). The van der Waals surface area contributed by atoms with Crippen molar-refractivity contribution < 1.29 is 4.63 Å². The maximum atomic E-state index is 4.78. The van der Waals surface area contributed by atoms with E-state index in [9.17, 15) is 0 Å². The maximum absolute atomic E-state index is 4.78. The summed E-state index contributed by atoms with van der Waals surface area (Å²) in [5.41, 5.74) is 0.842. The predicted molar refractivity (Wildman–Crippen MR) is 92.2 cm³/mol. The van der Waals surface area contributed by atoms with Crippen LogP contribution in [0.1, 0.15) is 43.7 Å². The fraction of sp³-hybridized carbons (Fsp3) is 0.533. The van der Waals surface area contributed by atoms with Crippen molar-refractivity contribution >= 4 is 34.3 Å². The van der Waals surface area contributed by atoms with Crippen LogP contribution in [0.4, 0.5) is 11.6 Å². The Morgan fingerprint density at radius 3 is 2.71 bits per heavy atom. The Morgan fingerprint density at radius 1 is 1.25 bits per heavy atom. The molecule has 126 valence electrons. The molecule has 8 nitrogen and oxygen atoms in total. The molecule has 1 saturated carbocycles. The van der Waals surface area contributed by atoms with Gasteiger partial charge in [0.15, 0.2) is 11.6 Å². The zero-order chi connectivity index (χ0) is 16.5. The van der Waals surface area contributed by atoms with E-state index in [-0.39, 0.29) is 6.04 Å². The molecule has 0 unspecified atom stereocenters. The molecular formula is C15H19N7OS. The van der Waals surface area contributed by atoms with Gasteiger partial charge >= 0.3 is 0 Å². The Morgan fingerprint density at radius 2 is 2.00 bits per heavy atom. The molecule has 0 spiro atoms. The molecule has 1 fully saturated rings. The van der Waals surface area contributed by atoms with E-state index in [1.54, 1.807) is 11.3 Å². The first kappa shape index (κ1) is 15.3. The number of nitrogens with zero attached hydrogens (tertiary/aromatic N) is 6. The first-order valence-corrected chi connectivity index (χ1v) is 8.99. The standard InChI is InChI=1S/C15H19N7OS/c1-9(15-16-7-8-24-15)22(2)14-13(17-10-5-3-4-6-10)18-11-12(19-14)21-23-20-11/h7-10H,3-6H2,1-2H3,(H,17,18,20)/t9-/m0/s1. The summed E-state index contributed by atoms with van der Waals surface area (Å²) in [5, 5.41) is 14.2. The van der Waals surface area contributed by atoms with E-state index in [4.69, 9.17) is 4.63 Å². The lowest BCUT2D eigenvalue weighted by atomic mass is 10.2. The lowest BCUT2D eigenvalue weighted by Crippen LogP contribution is -2.26. The fourth-order valence-electron chi connectivity index (χ4n) is 3.03. The Balaban J connectivity index is 1.70. The van der Waals surface area contributed by atoms with Gasteiger partial charge in [-0.2, -0.15) is 0 Å². The van der Waals surface area contributed by atoms with Crippen LogP contribution in [0.15, 0.2) is 16.2 Å². The van der Waals surface area contributed by atoms with E-state index in [0.29, 0.717) is 17.3 Å². The van der Waals surface area contributed by atoms with Crippen molar-refractivity contribution in [1.29, 1.82) is 0 Å². The molecule has 0 bridgehead atoms. The van der Waals surface area contributed by atoms with Crippen molar-refractivity contribution in [2.75, 3.05) is 17.3 Å². The Kier molecular flexibility index (Phi) is 4.01. The third-order valence-electron chi connectivity index (χ3n) is 4.52. The average molecular weight is 345 g/mol. The molecular weight excluding hydrogens is 326 g/mol. The van der Waals surface area contributed by atoms with Crippen LogP contribution in [0, 0.1) is 0 Å².